The van der Waals surface area contributed by atoms with E-state index in [-0.39, 0.29) is 4.90 Å². The van der Waals surface area contributed by atoms with Gasteiger partial charge in [0, 0.05) is 17.3 Å². The average Bonchev–Trinajstić information content (AvgIpc) is 2.62. The van der Waals surface area contributed by atoms with Gasteiger partial charge in [0.15, 0.2) is 0 Å². The molecule has 6 nitrogen and oxygen atoms in total. The van der Waals surface area contributed by atoms with Crippen LogP contribution in [-0.2, 0) is 16.4 Å². The molecule has 3 rings (SSSR count). The standard InChI is InChI=1S/C18H19N3O3S/c1-3-13-7-5-9-17(20-13)21-25(22,23)16-11-10-15(24-4-2)18-14(16)8-6-12-19-18/h5-12H,3-4H2,1-2H3,(H,20,21). The Hall–Kier alpha value is -2.67. The van der Waals surface area contributed by atoms with Crippen LogP contribution in [0.5, 0.6) is 5.75 Å². The number of ether oxygens (including phenoxy) is 1. The van der Waals surface area contributed by atoms with Crippen molar-refractivity contribution in [3.63, 3.8) is 0 Å². The molecule has 2 aromatic heterocycles. The number of rotatable bonds is 6. The number of nitrogens with one attached hydrogen (secondary N) is 1. The van der Waals surface area contributed by atoms with Gasteiger partial charge in [0.1, 0.15) is 17.1 Å². The zero-order valence-electron chi connectivity index (χ0n) is 14.1. The van der Waals surface area contributed by atoms with Crippen molar-refractivity contribution < 1.29 is 13.2 Å². The molecule has 1 aromatic carbocycles. The summed E-state index contributed by atoms with van der Waals surface area (Å²) in [6.45, 7) is 4.31. The second-order valence-corrected chi connectivity index (χ2v) is 7.02. The number of hydrogen-bond acceptors (Lipinski definition) is 5. The van der Waals surface area contributed by atoms with Crippen LogP contribution in [0.4, 0.5) is 5.82 Å². The van der Waals surface area contributed by atoms with E-state index in [0.29, 0.717) is 29.1 Å². The van der Waals surface area contributed by atoms with Crippen LogP contribution in [-0.4, -0.2) is 25.0 Å². The van der Waals surface area contributed by atoms with Gasteiger partial charge in [-0.15, -0.1) is 0 Å². The average molecular weight is 357 g/mol. The van der Waals surface area contributed by atoms with Gasteiger partial charge in [-0.3, -0.25) is 9.71 Å². The highest BCUT2D eigenvalue weighted by Crippen LogP contribution is 2.30. The van der Waals surface area contributed by atoms with E-state index in [0.717, 1.165) is 12.1 Å². The second-order valence-electron chi connectivity index (χ2n) is 5.37. The highest BCUT2D eigenvalue weighted by Gasteiger charge is 2.20. The highest BCUT2D eigenvalue weighted by atomic mass is 32.2. The van der Waals surface area contributed by atoms with Crippen molar-refractivity contribution in [2.45, 2.75) is 25.2 Å². The minimum Gasteiger partial charge on any atom is -0.492 e. The van der Waals surface area contributed by atoms with E-state index in [1.807, 2.05) is 19.9 Å². The number of fused-ring (bicyclic) bond motifs is 1. The van der Waals surface area contributed by atoms with Crippen LogP contribution in [0.2, 0.25) is 0 Å². The number of nitrogens with zero attached hydrogens (tertiary/aromatic N) is 2. The molecule has 7 heteroatoms. The van der Waals surface area contributed by atoms with Crippen molar-refractivity contribution in [2.24, 2.45) is 0 Å². The quantitative estimate of drug-likeness (QED) is 0.731. The van der Waals surface area contributed by atoms with Crippen molar-refractivity contribution in [1.29, 1.82) is 0 Å². The van der Waals surface area contributed by atoms with E-state index in [1.54, 1.807) is 36.5 Å². The maximum atomic E-state index is 12.9. The molecule has 0 aliphatic heterocycles. The first-order valence-corrected chi connectivity index (χ1v) is 9.52. The summed E-state index contributed by atoms with van der Waals surface area (Å²) in [7, 11) is -3.80. The minimum absolute atomic E-state index is 0.141. The third-order valence-electron chi connectivity index (χ3n) is 3.69. The van der Waals surface area contributed by atoms with Crippen molar-refractivity contribution >= 4 is 26.7 Å². The van der Waals surface area contributed by atoms with Crippen LogP contribution in [0, 0.1) is 0 Å². The van der Waals surface area contributed by atoms with E-state index in [1.165, 1.54) is 6.07 Å². The first-order valence-electron chi connectivity index (χ1n) is 8.04. The smallest absolute Gasteiger partial charge is 0.263 e. The predicted molar refractivity (Wildman–Crippen MR) is 97.3 cm³/mol. The van der Waals surface area contributed by atoms with E-state index >= 15 is 0 Å². The Kier molecular flexibility index (Phi) is 4.85. The molecule has 0 aliphatic rings. The molecule has 0 spiro atoms. The molecule has 0 fully saturated rings. The summed E-state index contributed by atoms with van der Waals surface area (Å²) in [5, 5.41) is 0.507. The first kappa shape index (κ1) is 17.2. The van der Waals surface area contributed by atoms with Gasteiger partial charge in [-0.1, -0.05) is 13.0 Å². The number of sulfonamides is 1. The molecular formula is C18H19N3O3S. The molecule has 0 bridgehead atoms. The number of aryl methyl sites for hydroxylation is 1. The van der Waals surface area contributed by atoms with Crippen LogP contribution in [0.25, 0.3) is 10.9 Å². The van der Waals surface area contributed by atoms with Crippen molar-refractivity contribution in [3.8, 4) is 5.75 Å². The molecule has 0 saturated carbocycles. The zero-order chi connectivity index (χ0) is 17.9. The van der Waals surface area contributed by atoms with Crippen LogP contribution in [0.1, 0.15) is 19.5 Å². The number of benzene rings is 1. The summed E-state index contributed by atoms with van der Waals surface area (Å²) in [6.07, 6.45) is 2.34. The van der Waals surface area contributed by atoms with Gasteiger partial charge in [0.05, 0.1) is 11.5 Å². The van der Waals surface area contributed by atoms with Crippen LogP contribution in [0.3, 0.4) is 0 Å². The molecule has 2 heterocycles. The lowest BCUT2D eigenvalue weighted by atomic mass is 10.2. The maximum absolute atomic E-state index is 12.9. The van der Waals surface area contributed by atoms with E-state index in [9.17, 15) is 8.42 Å². The van der Waals surface area contributed by atoms with Crippen molar-refractivity contribution in [3.05, 3.63) is 54.4 Å². The summed E-state index contributed by atoms with van der Waals surface area (Å²) in [5.74, 6) is 0.855. The minimum atomic E-state index is -3.80. The second kappa shape index (κ2) is 7.06. The molecule has 25 heavy (non-hydrogen) atoms. The monoisotopic (exact) mass is 357 g/mol. The third kappa shape index (κ3) is 3.56. The maximum Gasteiger partial charge on any atom is 0.263 e. The van der Waals surface area contributed by atoms with E-state index in [2.05, 4.69) is 14.7 Å². The Morgan fingerprint density at radius 1 is 1.08 bits per heavy atom. The molecule has 0 unspecified atom stereocenters. The summed E-state index contributed by atoms with van der Waals surface area (Å²) < 4.78 is 33.8. The van der Waals surface area contributed by atoms with E-state index < -0.39 is 10.0 Å². The Bertz CT molecular complexity index is 1000. The van der Waals surface area contributed by atoms with Gasteiger partial charge in [0.25, 0.3) is 10.0 Å². The number of pyridine rings is 2. The molecule has 130 valence electrons. The Labute approximate surface area is 146 Å². The summed E-state index contributed by atoms with van der Waals surface area (Å²) in [4.78, 5) is 8.72. The van der Waals surface area contributed by atoms with E-state index in [4.69, 9.17) is 4.74 Å². The summed E-state index contributed by atoms with van der Waals surface area (Å²) in [5.41, 5.74) is 1.33. The number of hydrogen-bond donors (Lipinski definition) is 1. The van der Waals surface area contributed by atoms with Crippen molar-refractivity contribution in [2.75, 3.05) is 11.3 Å². The number of anilines is 1. The molecule has 0 amide bonds. The predicted octanol–water partition coefficient (Wildman–Crippen LogP) is 3.39. The van der Waals surface area contributed by atoms with Gasteiger partial charge in [-0.05, 0) is 49.7 Å². The molecule has 1 N–H and O–H groups in total. The normalized spacial score (nSPS) is 11.4. The lowest BCUT2D eigenvalue weighted by molar-refractivity contribution is 0.343. The molecular weight excluding hydrogens is 338 g/mol. The fourth-order valence-electron chi connectivity index (χ4n) is 2.55. The summed E-state index contributed by atoms with van der Waals surface area (Å²) in [6, 6.07) is 11.8. The molecule has 0 saturated heterocycles. The third-order valence-corrected chi connectivity index (χ3v) is 5.10. The van der Waals surface area contributed by atoms with Gasteiger partial charge in [-0.25, -0.2) is 13.4 Å². The van der Waals surface area contributed by atoms with Gasteiger partial charge >= 0.3 is 0 Å². The number of aromatic nitrogens is 2. The van der Waals surface area contributed by atoms with Crippen LogP contribution in [0.15, 0.2) is 53.6 Å². The summed E-state index contributed by atoms with van der Waals surface area (Å²) >= 11 is 0. The van der Waals surface area contributed by atoms with Gasteiger partial charge in [-0.2, -0.15) is 0 Å². The van der Waals surface area contributed by atoms with Crippen molar-refractivity contribution in [1.82, 2.24) is 9.97 Å². The van der Waals surface area contributed by atoms with Gasteiger partial charge < -0.3 is 4.74 Å². The topological polar surface area (TPSA) is 81.2 Å². The van der Waals surface area contributed by atoms with Crippen LogP contribution >= 0.6 is 0 Å². The lowest BCUT2D eigenvalue weighted by Crippen LogP contribution is -2.15. The Balaban J connectivity index is 2.07. The fraction of sp³-hybridized carbons (Fsp3) is 0.222. The lowest BCUT2D eigenvalue weighted by Gasteiger charge is -2.12. The van der Waals surface area contributed by atoms with Crippen LogP contribution < -0.4 is 9.46 Å². The largest absolute Gasteiger partial charge is 0.492 e. The zero-order valence-corrected chi connectivity index (χ0v) is 14.9. The molecule has 0 radical (unpaired) electrons. The van der Waals surface area contributed by atoms with Gasteiger partial charge in [0.2, 0.25) is 0 Å². The molecule has 0 atom stereocenters. The molecule has 0 aliphatic carbocycles. The fourth-order valence-corrected chi connectivity index (χ4v) is 3.75. The Morgan fingerprint density at radius 3 is 2.68 bits per heavy atom. The Morgan fingerprint density at radius 2 is 1.92 bits per heavy atom. The highest BCUT2D eigenvalue weighted by molar-refractivity contribution is 7.93. The SMILES string of the molecule is CCOc1ccc(S(=O)(=O)Nc2cccc(CC)n2)c2cccnc12. The molecule has 3 aromatic rings. The first-order chi connectivity index (χ1) is 12.0.